The smallest absolute Gasteiger partial charge is 0.251 e. The van der Waals surface area contributed by atoms with Gasteiger partial charge in [-0.3, -0.25) is 9.79 Å². The first kappa shape index (κ1) is 21.3. The zero-order chi connectivity index (χ0) is 20.5. The molecule has 3 N–H and O–H groups in total. The minimum absolute atomic E-state index is 0.129. The molecule has 0 heterocycles. The minimum Gasteiger partial charge on any atom is -0.357 e. The van der Waals surface area contributed by atoms with Crippen LogP contribution < -0.4 is 16.0 Å². The number of carbonyl (C=O) groups excluding carboxylic acids is 1. The van der Waals surface area contributed by atoms with Crippen molar-refractivity contribution in [3.63, 3.8) is 0 Å². The summed E-state index contributed by atoms with van der Waals surface area (Å²) < 4.78 is 27.1. The Morgan fingerprint density at radius 2 is 1.96 bits per heavy atom. The number of hydrogen-bond donors (Lipinski definition) is 3. The maximum Gasteiger partial charge on any atom is 0.251 e. The Balaban J connectivity index is 2.03. The van der Waals surface area contributed by atoms with Crippen molar-refractivity contribution in [2.24, 2.45) is 4.99 Å². The van der Waals surface area contributed by atoms with E-state index in [4.69, 9.17) is 0 Å². The molecule has 0 aliphatic rings. The Hall–Kier alpha value is -2.96. The first-order chi connectivity index (χ1) is 13.4. The normalized spacial score (nSPS) is 12.4. The second kappa shape index (κ2) is 10.4. The van der Waals surface area contributed by atoms with Gasteiger partial charge in [-0.1, -0.05) is 18.2 Å². The third-order valence-corrected chi connectivity index (χ3v) is 4.21. The molecule has 2 aromatic carbocycles. The van der Waals surface area contributed by atoms with Gasteiger partial charge in [0.15, 0.2) is 5.96 Å². The summed E-state index contributed by atoms with van der Waals surface area (Å²) in [6, 6.07) is 10.5. The molecule has 2 aromatic rings. The van der Waals surface area contributed by atoms with E-state index in [2.05, 4.69) is 20.9 Å². The van der Waals surface area contributed by atoms with Crippen LogP contribution in [0.15, 0.2) is 47.5 Å². The average Bonchev–Trinajstić information content (AvgIpc) is 2.67. The summed E-state index contributed by atoms with van der Waals surface area (Å²) in [5.41, 5.74) is 1.97. The van der Waals surface area contributed by atoms with Gasteiger partial charge in [0, 0.05) is 37.3 Å². The van der Waals surface area contributed by atoms with E-state index < -0.39 is 11.6 Å². The predicted octanol–water partition coefficient (Wildman–Crippen LogP) is 3.18. The Labute approximate surface area is 164 Å². The summed E-state index contributed by atoms with van der Waals surface area (Å²) in [6.07, 6.45) is 0.653. The van der Waals surface area contributed by atoms with Crippen LogP contribution in [0, 0.1) is 11.6 Å². The lowest BCUT2D eigenvalue weighted by Gasteiger charge is -2.18. The van der Waals surface area contributed by atoms with Gasteiger partial charge in [-0.2, -0.15) is 0 Å². The van der Waals surface area contributed by atoms with Gasteiger partial charge in [0.05, 0.1) is 6.04 Å². The number of benzene rings is 2. The van der Waals surface area contributed by atoms with Crippen molar-refractivity contribution in [3.8, 4) is 0 Å². The number of nitrogens with zero attached hydrogens (tertiary/aromatic N) is 1. The van der Waals surface area contributed by atoms with E-state index in [1.54, 1.807) is 20.0 Å². The molecule has 0 fully saturated rings. The third-order valence-electron chi connectivity index (χ3n) is 4.21. The second-order valence-electron chi connectivity index (χ2n) is 6.32. The largest absolute Gasteiger partial charge is 0.357 e. The van der Waals surface area contributed by atoms with Crippen LogP contribution in [0.1, 0.15) is 41.4 Å². The molecule has 1 atom stereocenters. The summed E-state index contributed by atoms with van der Waals surface area (Å²) in [5.74, 6) is -0.786. The van der Waals surface area contributed by atoms with E-state index in [-0.39, 0.29) is 11.9 Å². The van der Waals surface area contributed by atoms with E-state index >= 15 is 0 Å². The number of hydrogen-bond acceptors (Lipinski definition) is 2. The SMILES string of the molecule is CCNC(=NCCc1cccc(C(=O)NC)c1)NC(C)c1ccc(F)cc1F. The summed E-state index contributed by atoms with van der Waals surface area (Å²) in [5, 5.41) is 8.85. The first-order valence-corrected chi connectivity index (χ1v) is 9.25. The molecule has 5 nitrogen and oxygen atoms in total. The number of halogens is 2. The van der Waals surface area contributed by atoms with E-state index in [0.29, 0.717) is 36.6 Å². The van der Waals surface area contributed by atoms with Crippen molar-refractivity contribution in [3.05, 3.63) is 70.8 Å². The summed E-state index contributed by atoms with van der Waals surface area (Å²) in [4.78, 5) is 16.2. The van der Waals surface area contributed by atoms with E-state index in [1.165, 1.54) is 12.1 Å². The first-order valence-electron chi connectivity index (χ1n) is 9.25. The fourth-order valence-corrected chi connectivity index (χ4v) is 2.76. The van der Waals surface area contributed by atoms with E-state index in [1.807, 2.05) is 25.1 Å². The molecule has 1 amide bonds. The van der Waals surface area contributed by atoms with E-state index in [9.17, 15) is 13.6 Å². The van der Waals surface area contributed by atoms with Crippen molar-refractivity contribution in [2.45, 2.75) is 26.3 Å². The van der Waals surface area contributed by atoms with Gasteiger partial charge >= 0.3 is 0 Å². The predicted molar refractivity (Wildman–Crippen MR) is 107 cm³/mol. The van der Waals surface area contributed by atoms with Gasteiger partial charge in [-0.25, -0.2) is 8.78 Å². The van der Waals surface area contributed by atoms with Crippen molar-refractivity contribution in [2.75, 3.05) is 20.1 Å². The van der Waals surface area contributed by atoms with Crippen molar-refractivity contribution in [1.29, 1.82) is 0 Å². The molecule has 7 heteroatoms. The maximum absolute atomic E-state index is 14.0. The van der Waals surface area contributed by atoms with Gasteiger partial charge in [0.2, 0.25) is 0 Å². The fraction of sp³-hybridized carbons (Fsp3) is 0.333. The Kier molecular flexibility index (Phi) is 7.92. The zero-order valence-corrected chi connectivity index (χ0v) is 16.4. The molecule has 0 radical (unpaired) electrons. The highest BCUT2D eigenvalue weighted by Crippen LogP contribution is 2.17. The van der Waals surface area contributed by atoms with Crippen LogP contribution in [0.3, 0.4) is 0 Å². The molecule has 0 aliphatic carbocycles. The number of carbonyl (C=O) groups is 1. The van der Waals surface area contributed by atoms with Gasteiger partial charge in [0.1, 0.15) is 11.6 Å². The van der Waals surface area contributed by atoms with Crippen LogP contribution >= 0.6 is 0 Å². The lowest BCUT2D eigenvalue weighted by atomic mass is 10.1. The second-order valence-corrected chi connectivity index (χ2v) is 6.32. The van der Waals surface area contributed by atoms with Crippen LogP contribution in [0.2, 0.25) is 0 Å². The molecule has 0 aromatic heterocycles. The molecule has 0 aliphatic heterocycles. The fourth-order valence-electron chi connectivity index (χ4n) is 2.76. The molecule has 1 unspecified atom stereocenters. The summed E-state index contributed by atoms with van der Waals surface area (Å²) in [6.45, 7) is 4.87. The topological polar surface area (TPSA) is 65.5 Å². The molecule has 0 spiro atoms. The molecule has 0 saturated heterocycles. The number of rotatable bonds is 7. The number of aliphatic imine (C=N–C) groups is 1. The number of guanidine groups is 1. The number of amides is 1. The molecule has 28 heavy (non-hydrogen) atoms. The molecule has 150 valence electrons. The average molecular weight is 388 g/mol. The molecular weight excluding hydrogens is 362 g/mol. The monoisotopic (exact) mass is 388 g/mol. The molecule has 0 bridgehead atoms. The Morgan fingerprint density at radius 1 is 1.18 bits per heavy atom. The summed E-state index contributed by atoms with van der Waals surface area (Å²) in [7, 11) is 1.60. The van der Waals surface area contributed by atoms with Gasteiger partial charge in [0.25, 0.3) is 5.91 Å². The highest BCUT2D eigenvalue weighted by molar-refractivity contribution is 5.94. The molecule has 0 saturated carbocycles. The van der Waals surface area contributed by atoms with Crippen LogP contribution in [0.4, 0.5) is 8.78 Å². The van der Waals surface area contributed by atoms with Crippen molar-refractivity contribution < 1.29 is 13.6 Å². The highest BCUT2D eigenvalue weighted by Gasteiger charge is 2.13. The van der Waals surface area contributed by atoms with Crippen molar-refractivity contribution >= 4 is 11.9 Å². The van der Waals surface area contributed by atoms with Gasteiger partial charge < -0.3 is 16.0 Å². The zero-order valence-electron chi connectivity index (χ0n) is 16.4. The minimum atomic E-state index is -0.604. The Morgan fingerprint density at radius 3 is 2.64 bits per heavy atom. The van der Waals surface area contributed by atoms with Crippen LogP contribution in [0.5, 0.6) is 0 Å². The van der Waals surface area contributed by atoms with Crippen LogP contribution in [0.25, 0.3) is 0 Å². The van der Waals surface area contributed by atoms with E-state index in [0.717, 1.165) is 11.6 Å². The Bertz CT molecular complexity index is 839. The summed E-state index contributed by atoms with van der Waals surface area (Å²) >= 11 is 0. The van der Waals surface area contributed by atoms with Gasteiger partial charge in [-0.05, 0) is 44.0 Å². The van der Waals surface area contributed by atoms with Crippen LogP contribution in [-0.2, 0) is 6.42 Å². The maximum atomic E-state index is 14.0. The van der Waals surface area contributed by atoms with Gasteiger partial charge in [-0.15, -0.1) is 0 Å². The highest BCUT2D eigenvalue weighted by atomic mass is 19.1. The molecular formula is C21H26F2N4O. The van der Waals surface area contributed by atoms with Crippen LogP contribution in [-0.4, -0.2) is 32.0 Å². The number of nitrogens with one attached hydrogen (secondary N) is 3. The quantitative estimate of drug-likeness (QED) is 0.504. The van der Waals surface area contributed by atoms with Crippen molar-refractivity contribution in [1.82, 2.24) is 16.0 Å². The standard InChI is InChI=1S/C21H26F2N4O/c1-4-25-21(27-14(2)18-9-8-17(22)13-19(18)23)26-11-10-15-6-5-7-16(12-15)20(28)24-3/h5-9,12-14H,4,10-11H2,1-3H3,(H,24,28)(H2,25,26,27). The lowest BCUT2D eigenvalue weighted by Crippen LogP contribution is -2.39. The molecule has 2 rings (SSSR count). The third kappa shape index (κ3) is 6.04. The lowest BCUT2D eigenvalue weighted by molar-refractivity contribution is 0.0963.